The minimum absolute atomic E-state index is 0.0142. The molecule has 0 aliphatic heterocycles. The Balaban J connectivity index is 2.39. The summed E-state index contributed by atoms with van der Waals surface area (Å²) in [5.74, 6) is 0.707. The second kappa shape index (κ2) is 7.47. The summed E-state index contributed by atoms with van der Waals surface area (Å²) in [5, 5.41) is 19.2. The highest BCUT2D eigenvalue weighted by Crippen LogP contribution is 2.25. The quantitative estimate of drug-likeness (QED) is 0.650. The Labute approximate surface area is 152 Å². The Morgan fingerprint density at radius 3 is 2.48 bits per heavy atom. The van der Waals surface area contributed by atoms with Gasteiger partial charge in [0.25, 0.3) is 0 Å². The van der Waals surface area contributed by atoms with Crippen LogP contribution in [0.3, 0.4) is 0 Å². The Bertz CT molecular complexity index is 840. The van der Waals surface area contributed by atoms with Crippen molar-refractivity contribution in [3.8, 4) is 5.75 Å². The van der Waals surface area contributed by atoms with Gasteiger partial charge in [0.1, 0.15) is 9.96 Å². The molecule has 0 amide bonds. The van der Waals surface area contributed by atoms with Crippen LogP contribution in [0.15, 0.2) is 34.5 Å². The van der Waals surface area contributed by atoms with Crippen molar-refractivity contribution < 1.29 is 23.2 Å². The SMILES string of the molecule is COc1cccc(Cc2cc(B(O)O)c(S(=O)(=O)NC(C)(C)C)s2)c1. The van der Waals surface area contributed by atoms with Crippen molar-refractivity contribution in [2.45, 2.75) is 36.9 Å². The Morgan fingerprint density at radius 1 is 1.24 bits per heavy atom. The second-order valence-electron chi connectivity index (χ2n) is 6.71. The molecule has 3 N–H and O–H groups in total. The molecule has 0 aliphatic carbocycles. The lowest BCUT2D eigenvalue weighted by molar-refractivity contribution is 0.414. The molecule has 1 heterocycles. The summed E-state index contributed by atoms with van der Waals surface area (Å²) in [6.07, 6.45) is 0.465. The summed E-state index contributed by atoms with van der Waals surface area (Å²) in [6.45, 7) is 5.18. The molecule has 0 saturated carbocycles. The van der Waals surface area contributed by atoms with E-state index in [-0.39, 0.29) is 9.67 Å². The highest BCUT2D eigenvalue weighted by molar-refractivity contribution is 7.92. The summed E-state index contributed by atoms with van der Waals surface area (Å²) in [6, 6.07) is 8.95. The molecule has 0 unspecified atom stereocenters. The molecule has 0 spiro atoms. The molecule has 2 aromatic rings. The van der Waals surface area contributed by atoms with E-state index in [1.165, 1.54) is 6.07 Å². The number of rotatable bonds is 6. The molecule has 9 heteroatoms. The number of nitrogens with one attached hydrogen (secondary N) is 1. The Kier molecular flexibility index (Phi) is 5.95. The molecule has 1 aromatic carbocycles. The molecular formula is C16H22BNO5S2. The number of methoxy groups -OCH3 is 1. The van der Waals surface area contributed by atoms with Crippen molar-refractivity contribution >= 4 is 33.9 Å². The fourth-order valence-electron chi connectivity index (χ4n) is 2.35. The van der Waals surface area contributed by atoms with Crippen LogP contribution in [-0.4, -0.2) is 38.2 Å². The van der Waals surface area contributed by atoms with Crippen molar-refractivity contribution in [3.05, 3.63) is 40.8 Å². The normalized spacial score (nSPS) is 12.2. The van der Waals surface area contributed by atoms with Gasteiger partial charge in [-0.05, 0) is 44.5 Å². The largest absolute Gasteiger partial charge is 0.497 e. The van der Waals surface area contributed by atoms with Crippen LogP contribution < -0.4 is 14.9 Å². The molecular weight excluding hydrogens is 361 g/mol. The standard InChI is InChI=1S/C16H22BNO5S2/c1-16(2,3)18-25(21,22)15-14(17(19)20)10-13(24-15)9-11-6-5-7-12(8-11)23-4/h5-8,10,18-20H,9H2,1-4H3. The third-order valence-electron chi connectivity index (χ3n) is 3.25. The molecule has 136 valence electrons. The Morgan fingerprint density at radius 2 is 1.92 bits per heavy atom. The van der Waals surface area contributed by atoms with Gasteiger partial charge in [0, 0.05) is 22.3 Å². The van der Waals surface area contributed by atoms with Crippen LogP contribution in [0.1, 0.15) is 31.2 Å². The lowest BCUT2D eigenvalue weighted by Crippen LogP contribution is -2.43. The summed E-state index contributed by atoms with van der Waals surface area (Å²) in [5.41, 5.74) is 0.250. The van der Waals surface area contributed by atoms with Crippen molar-refractivity contribution in [2.24, 2.45) is 0 Å². The van der Waals surface area contributed by atoms with Crippen LogP contribution >= 0.6 is 11.3 Å². The second-order valence-corrected chi connectivity index (χ2v) is 9.73. The zero-order valence-corrected chi connectivity index (χ0v) is 16.2. The van der Waals surface area contributed by atoms with Crippen LogP contribution in [0, 0.1) is 0 Å². The smallest absolute Gasteiger partial charge is 0.490 e. The predicted octanol–water partition coefficient (Wildman–Crippen LogP) is 1.10. The average molecular weight is 383 g/mol. The zero-order valence-electron chi connectivity index (χ0n) is 14.6. The van der Waals surface area contributed by atoms with E-state index in [4.69, 9.17) is 4.74 Å². The molecule has 6 nitrogen and oxygen atoms in total. The molecule has 1 aromatic heterocycles. The monoisotopic (exact) mass is 383 g/mol. The van der Waals surface area contributed by atoms with Crippen LogP contribution in [0.4, 0.5) is 0 Å². The average Bonchev–Trinajstić information content (AvgIpc) is 2.90. The maximum atomic E-state index is 12.6. The molecule has 0 bridgehead atoms. The summed E-state index contributed by atoms with van der Waals surface area (Å²) < 4.78 is 32.8. The van der Waals surface area contributed by atoms with E-state index in [1.807, 2.05) is 24.3 Å². The molecule has 0 aliphatic rings. The van der Waals surface area contributed by atoms with Gasteiger partial charge in [0.2, 0.25) is 10.0 Å². The molecule has 0 fully saturated rings. The molecule has 25 heavy (non-hydrogen) atoms. The highest BCUT2D eigenvalue weighted by Gasteiger charge is 2.31. The summed E-state index contributed by atoms with van der Waals surface area (Å²) in [7, 11) is -4.14. The van der Waals surface area contributed by atoms with Gasteiger partial charge in [-0.25, -0.2) is 13.1 Å². The number of sulfonamides is 1. The van der Waals surface area contributed by atoms with Crippen LogP contribution in [-0.2, 0) is 16.4 Å². The third-order valence-corrected chi connectivity index (χ3v) is 6.71. The van der Waals surface area contributed by atoms with Gasteiger partial charge in [0.05, 0.1) is 7.11 Å². The minimum atomic E-state index is -3.85. The van der Waals surface area contributed by atoms with E-state index in [0.717, 1.165) is 16.9 Å². The van der Waals surface area contributed by atoms with E-state index < -0.39 is 22.7 Å². The predicted molar refractivity (Wildman–Crippen MR) is 100 cm³/mol. The maximum Gasteiger partial charge on any atom is 0.490 e. The van der Waals surface area contributed by atoms with E-state index in [0.29, 0.717) is 17.0 Å². The van der Waals surface area contributed by atoms with E-state index >= 15 is 0 Å². The molecule has 2 rings (SSSR count). The van der Waals surface area contributed by atoms with E-state index in [1.54, 1.807) is 27.9 Å². The van der Waals surface area contributed by atoms with Crippen LogP contribution in [0.2, 0.25) is 0 Å². The number of benzene rings is 1. The fraction of sp³-hybridized carbons (Fsp3) is 0.375. The molecule has 0 radical (unpaired) electrons. The van der Waals surface area contributed by atoms with Crippen molar-refractivity contribution in [3.63, 3.8) is 0 Å². The van der Waals surface area contributed by atoms with Gasteiger partial charge in [-0.15, -0.1) is 11.3 Å². The minimum Gasteiger partial charge on any atom is -0.497 e. The molecule has 0 atom stereocenters. The first-order chi connectivity index (χ1) is 11.5. The lowest BCUT2D eigenvalue weighted by atomic mass is 9.82. The number of hydrogen-bond acceptors (Lipinski definition) is 6. The van der Waals surface area contributed by atoms with Crippen molar-refractivity contribution in [1.82, 2.24) is 4.72 Å². The fourth-order valence-corrected chi connectivity index (χ4v) is 5.55. The highest BCUT2D eigenvalue weighted by atomic mass is 32.2. The van der Waals surface area contributed by atoms with E-state index in [9.17, 15) is 18.5 Å². The van der Waals surface area contributed by atoms with Crippen LogP contribution in [0.5, 0.6) is 5.75 Å². The zero-order chi connectivity index (χ0) is 18.8. The summed E-state index contributed by atoms with van der Waals surface area (Å²) in [4.78, 5) is 0.714. The van der Waals surface area contributed by atoms with Crippen molar-refractivity contribution in [2.75, 3.05) is 7.11 Å². The van der Waals surface area contributed by atoms with Gasteiger partial charge in [0.15, 0.2) is 0 Å². The number of thiophene rings is 1. The Hall–Kier alpha value is -1.39. The lowest BCUT2D eigenvalue weighted by Gasteiger charge is -2.20. The first-order valence-corrected chi connectivity index (χ1v) is 9.97. The first-order valence-electron chi connectivity index (χ1n) is 7.67. The molecule has 0 saturated heterocycles. The van der Waals surface area contributed by atoms with Gasteiger partial charge in [-0.3, -0.25) is 0 Å². The first kappa shape index (κ1) is 19.9. The van der Waals surface area contributed by atoms with E-state index in [2.05, 4.69) is 4.72 Å². The van der Waals surface area contributed by atoms with Gasteiger partial charge < -0.3 is 14.8 Å². The third kappa shape index (κ3) is 5.29. The van der Waals surface area contributed by atoms with Gasteiger partial charge in [-0.1, -0.05) is 12.1 Å². The summed E-state index contributed by atoms with van der Waals surface area (Å²) >= 11 is 1.03. The van der Waals surface area contributed by atoms with Crippen LogP contribution in [0.25, 0.3) is 0 Å². The number of hydrogen-bond donors (Lipinski definition) is 3. The van der Waals surface area contributed by atoms with Gasteiger partial charge in [-0.2, -0.15) is 0 Å². The van der Waals surface area contributed by atoms with Gasteiger partial charge >= 0.3 is 7.12 Å². The topological polar surface area (TPSA) is 95.9 Å². The number of ether oxygens (including phenoxy) is 1. The van der Waals surface area contributed by atoms with Crippen molar-refractivity contribution in [1.29, 1.82) is 0 Å². The maximum absolute atomic E-state index is 12.6.